The van der Waals surface area contributed by atoms with Crippen LogP contribution < -0.4 is 14.4 Å². The highest BCUT2D eigenvalue weighted by molar-refractivity contribution is 6.00. The summed E-state index contributed by atoms with van der Waals surface area (Å²) in [6.07, 6.45) is 5.32. The number of rotatable bonds is 9. The molecule has 5 rings (SSSR count). The molecule has 0 N–H and O–H groups in total. The van der Waals surface area contributed by atoms with Gasteiger partial charge in [-0.2, -0.15) is 0 Å². The van der Waals surface area contributed by atoms with Gasteiger partial charge in [-0.3, -0.25) is 14.5 Å². The minimum atomic E-state index is -0.460. The lowest BCUT2D eigenvalue weighted by molar-refractivity contribution is -0.136. The fourth-order valence-corrected chi connectivity index (χ4v) is 6.17. The summed E-state index contributed by atoms with van der Waals surface area (Å²) in [6, 6.07) is 17.3. The Morgan fingerprint density at radius 3 is 2.38 bits per heavy atom. The zero-order chi connectivity index (χ0) is 28.6. The van der Waals surface area contributed by atoms with Crippen LogP contribution in [-0.2, 0) is 9.59 Å². The molecule has 1 fully saturated rings. The summed E-state index contributed by atoms with van der Waals surface area (Å²) in [4.78, 5) is 31.7. The van der Waals surface area contributed by atoms with Crippen LogP contribution in [-0.4, -0.2) is 48.1 Å². The maximum atomic E-state index is 14.4. The highest BCUT2D eigenvalue weighted by Crippen LogP contribution is 2.45. The van der Waals surface area contributed by atoms with Crippen LogP contribution in [0.4, 0.5) is 5.69 Å². The summed E-state index contributed by atoms with van der Waals surface area (Å²) >= 11 is 0. The Morgan fingerprint density at radius 2 is 1.73 bits per heavy atom. The van der Waals surface area contributed by atoms with Crippen LogP contribution >= 0.6 is 0 Å². The van der Waals surface area contributed by atoms with E-state index in [0.29, 0.717) is 17.9 Å². The summed E-state index contributed by atoms with van der Waals surface area (Å²) in [5.74, 6) is 1.55. The summed E-state index contributed by atoms with van der Waals surface area (Å²) in [6.45, 7) is 8.78. The number of amides is 2. The molecule has 7 heteroatoms. The highest BCUT2D eigenvalue weighted by Gasteiger charge is 2.41. The van der Waals surface area contributed by atoms with Crippen LogP contribution in [0.3, 0.4) is 0 Å². The predicted molar refractivity (Wildman–Crippen MR) is 157 cm³/mol. The molecule has 2 aliphatic rings. The number of carbonyl (C=O) groups is 2. The number of aromatic nitrogens is 1. The molecule has 2 amide bonds. The van der Waals surface area contributed by atoms with Crippen LogP contribution in [0.5, 0.6) is 11.5 Å². The Kier molecular flexibility index (Phi) is 7.67. The molecular formula is C33H41N3O4. The molecule has 3 aromatic rings. The van der Waals surface area contributed by atoms with E-state index >= 15 is 0 Å². The SMILES string of the molecule is COc1ccc(OC)c(C2c3cccn3-c3ccccc3N2C(=O)CN(C(=O)CC(C)CC(C)(C)C)C2CC2)c1. The largest absolute Gasteiger partial charge is 0.497 e. The minimum Gasteiger partial charge on any atom is -0.497 e. The lowest BCUT2D eigenvalue weighted by Crippen LogP contribution is -2.47. The van der Waals surface area contributed by atoms with Gasteiger partial charge in [0.05, 0.1) is 31.3 Å². The molecule has 1 aliphatic heterocycles. The summed E-state index contributed by atoms with van der Waals surface area (Å²) in [5.41, 5.74) is 3.65. The van der Waals surface area contributed by atoms with E-state index in [1.54, 1.807) is 14.2 Å². The van der Waals surface area contributed by atoms with E-state index in [1.165, 1.54) is 0 Å². The number of benzene rings is 2. The van der Waals surface area contributed by atoms with Crippen molar-refractivity contribution in [1.29, 1.82) is 0 Å². The molecule has 1 aromatic heterocycles. The average molecular weight is 544 g/mol. The average Bonchev–Trinajstić information content (AvgIpc) is 3.64. The van der Waals surface area contributed by atoms with E-state index in [9.17, 15) is 9.59 Å². The molecule has 0 radical (unpaired) electrons. The van der Waals surface area contributed by atoms with Gasteiger partial charge in [-0.1, -0.05) is 39.8 Å². The Hall–Kier alpha value is -3.74. The number of hydrogen-bond acceptors (Lipinski definition) is 4. The monoisotopic (exact) mass is 543 g/mol. The van der Waals surface area contributed by atoms with Gasteiger partial charge in [0.1, 0.15) is 24.1 Å². The van der Waals surface area contributed by atoms with Crippen LogP contribution in [0.2, 0.25) is 0 Å². The van der Waals surface area contributed by atoms with Gasteiger partial charge in [0.2, 0.25) is 11.8 Å². The number of methoxy groups -OCH3 is 2. The Morgan fingerprint density at radius 1 is 1.00 bits per heavy atom. The molecule has 7 nitrogen and oxygen atoms in total. The lowest BCUT2D eigenvalue weighted by Gasteiger charge is -2.40. The molecule has 1 saturated carbocycles. The number of anilines is 1. The van der Waals surface area contributed by atoms with E-state index in [4.69, 9.17) is 9.47 Å². The summed E-state index contributed by atoms with van der Waals surface area (Å²) in [5, 5.41) is 0. The third-order valence-corrected chi connectivity index (χ3v) is 7.82. The molecule has 2 heterocycles. The Bertz CT molecular complexity index is 1380. The zero-order valence-corrected chi connectivity index (χ0v) is 24.5. The van der Waals surface area contributed by atoms with Gasteiger partial charge in [0, 0.05) is 24.2 Å². The maximum absolute atomic E-state index is 14.4. The number of carbonyl (C=O) groups excluding carboxylic acids is 2. The Labute approximate surface area is 237 Å². The maximum Gasteiger partial charge on any atom is 0.247 e. The fourth-order valence-electron chi connectivity index (χ4n) is 6.17. The molecule has 2 unspecified atom stereocenters. The van der Waals surface area contributed by atoms with Gasteiger partial charge in [-0.25, -0.2) is 0 Å². The van der Waals surface area contributed by atoms with E-state index in [1.807, 2.05) is 70.6 Å². The number of fused-ring (bicyclic) bond motifs is 3. The van der Waals surface area contributed by atoms with E-state index in [-0.39, 0.29) is 35.7 Å². The van der Waals surface area contributed by atoms with Gasteiger partial charge in [-0.05, 0) is 73.1 Å². The van der Waals surface area contributed by atoms with Crippen molar-refractivity contribution in [2.75, 3.05) is 25.7 Å². The molecule has 0 bridgehead atoms. The van der Waals surface area contributed by atoms with Gasteiger partial charge in [0.15, 0.2) is 0 Å². The number of nitrogens with zero attached hydrogens (tertiary/aromatic N) is 3. The van der Waals surface area contributed by atoms with Crippen molar-refractivity contribution >= 4 is 17.5 Å². The van der Waals surface area contributed by atoms with Crippen molar-refractivity contribution < 1.29 is 19.1 Å². The van der Waals surface area contributed by atoms with Crippen LogP contribution in [0.25, 0.3) is 5.69 Å². The van der Waals surface area contributed by atoms with Gasteiger partial charge in [-0.15, -0.1) is 0 Å². The number of para-hydroxylation sites is 2. The lowest BCUT2D eigenvalue weighted by atomic mass is 9.84. The first-order chi connectivity index (χ1) is 19.1. The van der Waals surface area contributed by atoms with E-state index < -0.39 is 6.04 Å². The molecule has 1 aliphatic carbocycles. The summed E-state index contributed by atoms with van der Waals surface area (Å²) in [7, 11) is 3.27. The first-order valence-electron chi connectivity index (χ1n) is 14.2. The molecule has 212 valence electrons. The van der Waals surface area contributed by atoms with Crippen molar-refractivity contribution in [3.8, 4) is 17.2 Å². The normalized spacial score (nSPS) is 17.1. The smallest absolute Gasteiger partial charge is 0.247 e. The van der Waals surface area contributed by atoms with Gasteiger partial charge in [0.25, 0.3) is 0 Å². The van der Waals surface area contributed by atoms with Crippen LogP contribution in [0, 0.1) is 11.3 Å². The number of hydrogen-bond donors (Lipinski definition) is 0. The second-order valence-corrected chi connectivity index (χ2v) is 12.4. The van der Waals surface area contributed by atoms with Gasteiger partial charge < -0.3 is 18.9 Å². The van der Waals surface area contributed by atoms with E-state index in [2.05, 4.69) is 32.3 Å². The second-order valence-electron chi connectivity index (χ2n) is 12.4. The third-order valence-electron chi connectivity index (χ3n) is 7.82. The topological polar surface area (TPSA) is 64.0 Å². The fraction of sp³-hybridized carbons (Fsp3) is 0.455. The zero-order valence-electron chi connectivity index (χ0n) is 24.5. The molecule has 40 heavy (non-hydrogen) atoms. The van der Waals surface area contributed by atoms with Crippen molar-refractivity contribution in [2.45, 2.75) is 65.5 Å². The van der Waals surface area contributed by atoms with Crippen molar-refractivity contribution in [3.05, 3.63) is 72.1 Å². The predicted octanol–water partition coefficient (Wildman–Crippen LogP) is 6.38. The first kappa shape index (κ1) is 27.8. The molecule has 2 atom stereocenters. The van der Waals surface area contributed by atoms with Crippen LogP contribution in [0.15, 0.2) is 60.8 Å². The van der Waals surface area contributed by atoms with Crippen molar-refractivity contribution in [1.82, 2.24) is 9.47 Å². The van der Waals surface area contributed by atoms with Crippen molar-refractivity contribution in [3.63, 3.8) is 0 Å². The highest BCUT2D eigenvalue weighted by atomic mass is 16.5. The molecule has 0 spiro atoms. The molecular weight excluding hydrogens is 502 g/mol. The second kappa shape index (κ2) is 11.0. The van der Waals surface area contributed by atoms with E-state index in [0.717, 1.165) is 41.9 Å². The third kappa shape index (κ3) is 5.60. The number of ether oxygens (including phenoxy) is 2. The molecule has 2 aromatic carbocycles. The minimum absolute atomic E-state index is 0.0452. The van der Waals surface area contributed by atoms with Gasteiger partial charge >= 0.3 is 0 Å². The van der Waals surface area contributed by atoms with Crippen LogP contribution in [0.1, 0.15) is 70.7 Å². The standard InChI is InChI=1S/C33H41N3O4/c1-22(20-33(2,3)4)18-30(37)35(23-13-14-23)21-31(38)36-27-11-8-7-10-26(27)34-17-9-12-28(34)32(36)25-19-24(39-5)15-16-29(25)40-6/h7-12,15-17,19,22-23,32H,13-14,18,20-21H2,1-6H3. The first-order valence-corrected chi connectivity index (χ1v) is 14.2. The Balaban J connectivity index is 1.53. The summed E-state index contributed by atoms with van der Waals surface area (Å²) < 4.78 is 13.5. The molecule has 0 saturated heterocycles. The quantitative estimate of drug-likeness (QED) is 0.314. The van der Waals surface area contributed by atoms with Crippen molar-refractivity contribution in [2.24, 2.45) is 11.3 Å².